The van der Waals surface area contributed by atoms with Crippen LogP contribution in [0.4, 0.5) is 11.4 Å². The molecule has 4 aromatic carbocycles. The van der Waals surface area contributed by atoms with Crippen LogP contribution in [0, 0.1) is 6.92 Å². The van der Waals surface area contributed by atoms with Crippen molar-refractivity contribution < 1.29 is 4.57 Å². The maximum atomic E-state index is 5.97. The number of alkyl halides is 2. The van der Waals surface area contributed by atoms with Crippen molar-refractivity contribution in [3.05, 3.63) is 108 Å². The van der Waals surface area contributed by atoms with Crippen LogP contribution in [0.3, 0.4) is 0 Å². The van der Waals surface area contributed by atoms with E-state index in [1.54, 1.807) is 0 Å². The molecule has 0 saturated carbocycles. The average Bonchev–Trinajstić information content (AvgIpc) is 2.92. The van der Waals surface area contributed by atoms with Crippen molar-refractivity contribution in [1.82, 2.24) is 0 Å². The van der Waals surface area contributed by atoms with E-state index in [9.17, 15) is 0 Å². The van der Waals surface area contributed by atoms with Crippen molar-refractivity contribution in [2.24, 2.45) is 4.99 Å². The minimum atomic E-state index is 0.563. The molecular formula is C31H28Cl2N3+. The summed E-state index contributed by atoms with van der Waals surface area (Å²) < 4.78 is 2.28. The number of rotatable bonds is 8. The summed E-state index contributed by atoms with van der Waals surface area (Å²) in [5.41, 5.74) is 6.49. The van der Waals surface area contributed by atoms with Crippen molar-refractivity contribution in [1.29, 1.82) is 0 Å². The van der Waals surface area contributed by atoms with E-state index in [-0.39, 0.29) is 0 Å². The Morgan fingerprint density at radius 1 is 0.750 bits per heavy atom. The Labute approximate surface area is 222 Å². The number of halogens is 2. The molecule has 3 nitrogen and oxygen atoms in total. The van der Waals surface area contributed by atoms with Gasteiger partial charge in [-0.25, -0.2) is 4.99 Å². The first-order valence-corrected chi connectivity index (χ1v) is 13.2. The van der Waals surface area contributed by atoms with E-state index in [0.717, 1.165) is 41.4 Å². The third-order valence-electron chi connectivity index (χ3n) is 6.43. The zero-order valence-corrected chi connectivity index (χ0v) is 21.8. The molecule has 36 heavy (non-hydrogen) atoms. The maximum Gasteiger partial charge on any atom is 0.230 e. The molecule has 0 radical (unpaired) electrons. The summed E-state index contributed by atoms with van der Waals surface area (Å²) >= 11 is 11.9. The number of aryl methyl sites for hydroxylation is 1. The first-order chi connectivity index (χ1) is 17.7. The number of hydrogen-bond acceptors (Lipinski definition) is 2. The summed E-state index contributed by atoms with van der Waals surface area (Å²) in [6.45, 7) is 3.64. The van der Waals surface area contributed by atoms with E-state index in [1.165, 1.54) is 21.7 Å². The van der Waals surface area contributed by atoms with Crippen LogP contribution in [-0.4, -0.2) is 31.1 Å². The molecule has 0 aliphatic heterocycles. The number of anilines is 1. The van der Waals surface area contributed by atoms with Crippen molar-refractivity contribution in [3.8, 4) is 5.69 Å². The summed E-state index contributed by atoms with van der Waals surface area (Å²) in [6, 6.07) is 34.1. The van der Waals surface area contributed by atoms with Gasteiger partial charge >= 0.3 is 0 Å². The first-order valence-electron chi connectivity index (χ1n) is 12.1. The number of nitrogens with zero attached hydrogens (tertiary/aromatic N) is 3. The van der Waals surface area contributed by atoms with Crippen LogP contribution in [0.25, 0.3) is 27.4 Å². The SMILES string of the molecule is Cc1ccc(-[n+]2c(C=Nc3ccc(N(CCCl)CCCl)cc3)ccc3c4ccccc4ccc32)cc1. The molecule has 0 aliphatic rings. The van der Waals surface area contributed by atoms with E-state index in [1.807, 2.05) is 18.3 Å². The second kappa shape index (κ2) is 11.1. The zero-order chi connectivity index (χ0) is 24.9. The van der Waals surface area contributed by atoms with Crippen LogP contribution in [0.2, 0.25) is 0 Å². The van der Waals surface area contributed by atoms with Crippen LogP contribution in [0.15, 0.2) is 102 Å². The highest BCUT2D eigenvalue weighted by atomic mass is 35.5. The monoisotopic (exact) mass is 512 g/mol. The lowest BCUT2D eigenvalue weighted by atomic mass is 10.0. The average molecular weight is 513 g/mol. The summed E-state index contributed by atoms with van der Waals surface area (Å²) in [5.74, 6) is 1.13. The quantitative estimate of drug-likeness (QED) is 0.0905. The molecule has 180 valence electrons. The fourth-order valence-electron chi connectivity index (χ4n) is 4.58. The Balaban J connectivity index is 1.57. The Kier molecular flexibility index (Phi) is 7.50. The van der Waals surface area contributed by atoms with E-state index in [0.29, 0.717) is 11.8 Å². The smallest absolute Gasteiger partial charge is 0.230 e. The van der Waals surface area contributed by atoms with Gasteiger partial charge in [-0.2, -0.15) is 4.57 Å². The number of hydrogen-bond donors (Lipinski definition) is 0. The second-order valence-corrected chi connectivity index (χ2v) is 9.54. The van der Waals surface area contributed by atoms with Gasteiger partial charge in [-0.05, 0) is 54.1 Å². The van der Waals surface area contributed by atoms with E-state index >= 15 is 0 Å². The summed E-state index contributed by atoms with van der Waals surface area (Å²) in [6.07, 6.45) is 1.94. The Hall–Kier alpha value is -3.40. The molecule has 0 aliphatic carbocycles. The summed E-state index contributed by atoms with van der Waals surface area (Å²) in [5, 5.41) is 3.70. The van der Waals surface area contributed by atoms with Crippen LogP contribution in [0.1, 0.15) is 11.3 Å². The van der Waals surface area contributed by atoms with Gasteiger partial charge in [0, 0.05) is 54.8 Å². The first kappa shape index (κ1) is 24.3. The lowest BCUT2D eigenvalue weighted by Crippen LogP contribution is -2.36. The number of pyridine rings is 1. The highest BCUT2D eigenvalue weighted by molar-refractivity contribution is 6.18. The predicted octanol–water partition coefficient (Wildman–Crippen LogP) is 7.61. The molecule has 0 amide bonds. The Morgan fingerprint density at radius 2 is 1.47 bits per heavy atom. The standard InChI is InChI=1S/C31H28Cl2N3/c1-23-6-11-27(12-7-23)36-28(15-16-30-29-5-3-2-4-24(29)8-17-31(30)36)22-34-25-9-13-26(14-10-25)35(20-18-32)21-19-33/h2-17,22H,18-21H2,1H3/q+1. The van der Waals surface area contributed by atoms with Gasteiger partial charge in [-0.15, -0.1) is 23.2 Å². The summed E-state index contributed by atoms with van der Waals surface area (Å²) in [7, 11) is 0. The van der Waals surface area contributed by atoms with Crippen LogP contribution < -0.4 is 9.47 Å². The van der Waals surface area contributed by atoms with E-state index in [4.69, 9.17) is 28.2 Å². The Morgan fingerprint density at radius 3 is 2.19 bits per heavy atom. The maximum absolute atomic E-state index is 5.97. The molecule has 1 aromatic heterocycles. The molecule has 5 aromatic rings. The highest BCUT2D eigenvalue weighted by Gasteiger charge is 2.19. The fraction of sp³-hybridized carbons (Fsp3) is 0.161. The largest absolute Gasteiger partial charge is 0.369 e. The van der Waals surface area contributed by atoms with Crippen LogP contribution >= 0.6 is 23.2 Å². The molecule has 0 unspecified atom stereocenters. The lowest BCUT2D eigenvalue weighted by Gasteiger charge is -2.22. The normalized spacial score (nSPS) is 11.5. The molecule has 5 rings (SSSR count). The molecular weight excluding hydrogens is 485 g/mol. The highest BCUT2D eigenvalue weighted by Crippen LogP contribution is 2.25. The van der Waals surface area contributed by atoms with Crippen molar-refractivity contribution in [3.63, 3.8) is 0 Å². The van der Waals surface area contributed by atoms with Gasteiger partial charge in [-0.3, -0.25) is 0 Å². The minimum Gasteiger partial charge on any atom is -0.369 e. The van der Waals surface area contributed by atoms with Gasteiger partial charge in [-0.1, -0.05) is 42.0 Å². The molecule has 5 heteroatoms. The minimum absolute atomic E-state index is 0.563. The number of aromatic nitrogens is 1. The number of aliphatic imine (C=N–C) groups is 1. The van der Waals surface area contributed by atoms with E-state index in [2.05, 4.69) is 101 Å². The number of fused-ring (bicyclic) bond motifs is 3. The molecule has 0 bridgehead atoms. The third kappa shape index (κ3) is 5.09. The molecule has 0 N–H and O–H groups in total. The van der Waals surface area contributed by atoms with E-state index < -0.39 is 0 Å². The van der Waals surface area contributed by atoms with Crippen LogP contribution in [0.5, 0.6) is 0 Å². The third-order valence-corrected chi connectivity index (χ3v) is 6.77. The molecule has 0 fully saturated rings. The van der Waals surface area contributed by atoms with Gasteiger partial charge in [0.2, 0.25) is 16.9 Å². The fourth-order valence-corrected chi connectivity index (χ4v) is 4.99. The van der Waals surface area contributed by atoms with Crippen molar-refractivity contribution >= 4 is 62.5 Å². The van der Waals surface area contributed by atoms with Gasteiger partial charge in [0.1, 0.15) is 0 Å². The molecule has 0 saturated heterocycles. The van der Waals surface area contributed by atoms with Crippen molar-refractivity contribution in [2.45, 2.75) is 6.92 Å². The number of benzene rings is 4. The van der Waals surface area contributed by atoms with Gasteiger partial charge in [0.25, 0.3) is 0 Å². The van der Waals surface area contributed by atoms with Gasteiger partial charge in [0.05, 0.1) is 17.3 Å². The lowest BCUT2D eigenvalue weighted by molar-refractivity contribution is -0.568. The second-order valence-electron chi connectivity index (χ2n) is 8.79. The van der Waals surface area contributed by atoms with Crippen molar-refractivity contribution in [2.75, 3.05) is 29.7 Å². The van der Waals surface area contributed by atoms with Gasteiger partial charge in [0.15, 0.2) is 0 Å². The zero-order valence-electron chi connectivity index (χ0n) is 20.2. The molecule has 1 heterocycles. The Bertz CT molecular complexity index is 1500. The molecule has 0 atom stereocenters. The summed E-state index contributed by atoms with van der Waals surface area (Å²) in [4.78, 5) is 7.01. The molecule has 0 spiro atoms. The van der Waals surface area contributed by atoms with Gasteiger partial charge < -0.3 is 4.90 Å². The topological polar surface area (TPSA) is 19.5 Å². The predicted molar refractivity (Wildman–Crippen MR) is 155 cm³/mol. The van der Waals surface area contributed by atoms with Crippen LogP contribution in [-0.2, 0) is 0 Å².